The van der Waals surface area contributed by atoms with Crippen molar-refractivity contribution >= 4 is 0 Å². The van der Waals surface area contributed by atoms with Crippen molar-refractivity contribution < 1.29 is 0 Å². The van der Waals surface area contributed by atoms with Crippen LogP contribution in [0, 0.1) is 5.92 Å². The summed E-state index contributed by atoms with van der Waals surface area (Å²) in [6, 6.07) is 0.570. The molecule has 0 saturated heterocycles. The highest BCUT2D eigenvalue weighted by Crippen LogP contribution is 2.31. The van der Waals surface area contributed by atoms with Gasteiger partial charge in [-0.3, -0.25) is 0 Å². The van der Waals surface area contributed by atoms with Gasteiger partial charge in [-0.15, -0.1) is 0 Å². The van der Waals surface area contributed by atoms with Crippen LogP contribution < -0.4 is 5.32 Å². The molecule has 64 valence electrons. The van der Waals surface area contributed by atoms with Crippen molar-refractivity contribution in [3.8, 4) is 0 Å². The van der Waals surface area contributed by atoms with Crippen LogP contribution in [0.5, 0.6) is 0 Å². The van der Waals surface area contributed by atoms with Gasteiger partial charge in [0, 0.05) is 6.04 Å². The summed E-state index contributed by atoms with van der Waals surface area (Å²) in [6.45, 7) is 7.68. The molecule has 0 spiro atoms. The number of nitrogens with one attached hydrogen (secondary N) is 1. The molecule has 1 rings (SSSR count). The molecule has 0 aromatic carbocycles. The van der Waals surface area contributed by atoms with Crippen molar-refractivity contribution in [3.05, 3.63) is 11.6 Å². The molecule has 1 atom stereocenters. The second-order valence-electron chi connectivity index (χ2n) is 3.53. The molecule has 0 aliphatic heterocycles. The SMILES string of the molecule is CCNC(C)C(C)=CC1CC1. The lowest BCUT2D eigenvalue weighted by molar-refractivity contribution is 0.630. The lowest BCUT2D eigenvalue weighted by atomic mass is 10.1. The topological polar surface area (TPSA) is 12.0 Å². The van der Waals surface area contributed by atoms with E-state index in [-0.39, 0.29) is 0 Å². The van der Waals surface area contributed by atoms with Crippen molar-refractivity contribution in [2.45, 2.75) is 39.7 Å². The maximum Gasteiger partial charge on any atom is 0.0248 e. The van der Waals surface area contributed by atoms with Crippen LogP contribution in [0.1, 0.15) is 33.6 Å². The number of hydrogen-bond acceptors (Lipinski definition) is 1. The smallest absolute Gasteiger partial charge is 0.0248 e. The molecule has 1 saturated carbocycles. The van der Waals surface area contributed by atoms with Crippen LogP contribution in [0.15, 0.2) is 11.6 Å². The summed E-state index contributed by atoms with van der Waals surface area (Å²) in [4.78, 5) is 0. The Balaban J connectivity index is 2.31. The Hall–Kier alpha value is -0.300. The first-order chi connectivity index (χ1) is 5.24. The van der Waals surface area contributed by atoms with Gasteiger partial charge in [0.25, 0.3) is 0 Å². The largest absolute Gasteiger partial charge is 0.311 e. The summed E-state index contributed by atoms with van der Waals surface area (Å²) < 4.78 is 0. The third-order valence-electron chi connectivity index (χ3n) is 2.31. The molecule has 0 heterocycles. The van der Waals surface area contributed by atoms with Crippen LogP contribution >= 0.6 is 0 Å². The van der Waals surface area contributed by atoms with E-state index in [9.17, 15) is 0 Å². The van der Waals surface area contributed by atoms with E-state index in [4.69, 9.17) is 0 Å². The Morgan fingerprint density at radius 3 is 2.73 bits per heavy atom. The number of hydrogen-bond donors (Lipinski definition) is 1. The third kappa shape index (κ3) is 3.06. The van der Waals surface area contributed by atoms with Gasteiger partial charge in [0.2, 0.25) is 0 Å². The fraction of sp³-hybridized carbons (Fsp3) is 0.800. The number of likely N-dealkylation sites (N-methyl/N-ethyl adjacent to an activating group) is 1. The molecule has 1 nitrogen and oxygen atoms in total. The number of rotatable bonds is 4. The molecule has 1 N–H and O–H groups in total. The Labute approximate surface area is 69.9 Å². The van der Waals surface area contributed by atoms with Gasteiger partial charge in [-0.1, -0.05) is 18.6 Å². The highest BCUT2D eigenvalue weighted by Gasteiger charge is 2.19. The molecule has 0 aromatic rings. The quantitative estimate of drug-likeness (QED) is 0.611. The summed E-state index contributed by atoms with van der Waals surface area (Å²) >= 11 is 0. The standard InChI is InChI=1S/C10H19N/c1-4-11-9(3)8(2)7-10-5-6-10/h7,9-11H,4-6H2,1-3H3. The molecular weight excluding hydrogens is 134 g/mol. The van der Waals surface area contributed by atoms with Crippen molar-refractivity contribution in [3.63, 3.8) is 0 Å². The van der Waals surface area contributed by atoms with Gasteiger partial charge in [0.05, 0.1) is 0 Å². The highest BCUT2D eigenvalue weighted by molar-refractivity contribution is 5.11. The van der Waals surface area contributed by atoms with Gasteiger partial charge in [-0.25, -0.2) is 0 Å². The summed E-state index contributed by atoms with van der Waals surface area (Å²) in [6.07, 6.45) is 5.25. The second kappa shape index (κ2) is 3.91. The van der Waals surface area contributed by atoms with E-state index in [1.54, 1.807) is 0 Å². The monoisotopic (exact) mass is 153 g/mol. The fourth-order valence-corrected chi connectivity index (χ4v) is 1.25. The molecule has 11 heavy (non-hydrogen) atoms. The average Bonchev–Trinajstić information content (AvgIpc) is 2.72. The second-order valence-corrected chi connectivity index (χ2v) is 3.53. The Bertz CT molecular complexity index is 145. The average molecular weight is 153 g/mol. The predicted molar refractivity (Wildman–Crippen MR) is 49.6 cm³/mol. The summed E-state index contributed by atoms with van der Waals surface area (Å²) in [7, 11) is 0. The first-order valence-electron chi connectivity index (χ1n) is 4.65. The molecule has 0 aromatic heterocycles. The molecule has 1 unspecified atom stereocenters. The molecule has 1 aliphatic carbocycles. The molecule has 0 bridgehead atoms. The van der Waals surface area contributed by atoms with E-state index in [2.05, 4.69) is 32.2 Å². The van der Waals surface area contributed by atoms with Crippen LogP contribution in [-0.4, -0.2) is 12.6 Å². The Morgan fingerprint density at radius 2 is 2.27 bits per heavy atom. The van der Waals surface area contributed by atoms with Gasteiger partial charge in [-0.2, -0.15) is 0 Å². The van der Waals surface area contributed by atoms with Crippen LogP contribution in [0.4, 0.5) is 0 Å². The van der Waals surface area contributed by atoms with E-state index in [1.807, 2.05) is 0 Å². The maximum absolute atomic E-state index is 3.41. The van der Waals surface area contributed by atoms with Crippen molar-refractivity contribution in [1.82, 2.24) is 5.32 Å². The first-order valence-corrected chi connectivity index (χ1v) is 4.65. The fourth-order valence-electron chi connectivity index (χ4n) is 1.25. The van der Waals surface area contributed by atoms with E-state index < -0.39 is 0 Å². The highest BCUT2D eigenvalue weighted by atomic mass is 14.9. The van der Waals surface area contributed by atoms with E-state index in [0.29, 0.717) is 6.04 Å². The number of allylic oxidation sites excluding steroid dienone is 1. The zero-order valence-electron chi connectivity index (χ0n) is 7.85. The van der Waals surface area contributed by atoms with Crippen molar-refractivity contribution in [1.29, 1.82) is 0 Å². The van der Waals surface area contributed by atoms with Gasteiger partial charge < -0.3 is 5.32 Å². The predicted octanol–water partition coefficient (Wildman–Crippen LogP) is 2.34. The lowest BCUT2D eigenvalue weighted by Crippen LogP contribution is -2.26. The molecule has 0 radical (unpaired) electrons. The zero-order valence-corrected chi connectivity index (χ0v) is 7.85. The maximum atomic E-state index is 3.41. The van der Waals surface area contributed by atoms with Crippen LogP contribution in [0.3, 0.4) is 0 Å². The zero-order chi connectivity index (χ0) is 8.27. The molecular formula is C10H19N. The van der Waals surface area contributed by atoms with Crippen LogP contribution in [0.2, 0.25) is 0 Å². The van der Waals surface area contributed by atoms with Gasteiger partial charge >= 0.3 is 0 Å². The summed E-state index contributed by atoms with van der Waals surface area (Å²) in [5, 5.41) is 3.41. The van der Waals surface area contributed by atoms with Gasteiger partial charge in [-0.05, 0) is 39.2 Å². The van der Waals surface area contributed by atoms with E-state index in [0.717, 1.165) is 12.5 Å². The molecule has 1 heteroatoms. The van der Waals surface area contributed by atoms with Gasteiger partial charge in [0.15, 0.2) is 0 Å². The van der Waals surface area contributed by atoms with Gasteiger partial charge in [0.1, 0.15) is 0 Å². The first kappa shape index (κ1) is 8.79. The molecule has 0 amide bonds. The Morgan fingerprint density at radius 1 is 1.64 bits per heavy atom. The van der Waals surface area contributed by atoms with Crippen LogP contribution in [-0.2, 0) is 0 Å². The summed E-state index contributed by atoms with van der Waals surface area (Å²) in [5.74, 6) is 0.913. The Kier molecular flexibility index (Phi) is 3.13. The minimum Gasteiger partial charge on any atom is -0.311 e. The summed E-state index contributed by atoms with van der Waals surface area (Å²) in [5.41, 5.74) is 1.51. The van der Waals surface area contributed by atoms with Crippen molar-refractivity contribution in [2.75, 3.05) is 6.54 Å². The molecule has 1 fully saturated rings. The lowest BCUT2D eigenvalue weighted by Gasteiger charge is -2.12. The normalized spacial score (nSPS) is 21.9. The van der Waals surface area contributed by atoms with E-state index in [1.165, 1.54) is 18.4 Å². The minimum absolute atomic E-state index is 0.570. The van der Waals surface area contributed by atoms with Crippen LogP contribution in [0.25, 0.3) is 0 Å². The van der Waals surface area contributed by atoms with Crippen molar-refractivity contribution in [2.24, 2.45) is 5.92 Å². The minimum atomic E-state index is 0.570. The van der Waals surface area contributed by atoms with E-state index >= 15 is 0 Å². The molecule has 1 aliphatic rings. The third-order valence-corrected chi connectivity index (χ3v) is 2.31.